The lowest BCUT2D eigenvalue weighted by Gasteiger charge is -2.29. The highest BCUT2D eigenvalue weighted by atomic mass is 16.5. The highest BCUT2D eigenvalue weighted by molar-refractivity contribution is 6.00. The van der Waals surface area contributed by atoms with E-state index in [-0.39, 0.29) is 11.7 Å². The number of carbonyl (C=O) groups is 2. The van der Waals surface area contributed by atoms with E-state index in [1.54, 1.807) is 6.07 Å². The van der Waals surface area contributed by atoms with Crippen LogP contribution in [0.5, 0.6) is 5.75 Å². The van der Waals surface area contributed by atoms with Crippen LogP contribution in [0.4, 0.5) is 0 Å². The van der Waals surface area contributed by atoms with Crippen molar-refractivity contribution in [3.63, 3.8) is 0 Å². The Hall–Kier alpha value is -1.68. The molecule has 1 unspecified atom stereocenters. The first-order chi connectivity index (χ1) is 9.61. The summed E-state index contributed by atoms with van der Waals surface area (Å²) in [6.07, 6.45) is 0.543. The normalized spacial score (nSPS) is 19.9. The quantitative estimate of drug-likeness (QED) is 0.773. The topological polar surface area (TPSA) is 46.6 Å². The molecule has 1 heterocycles. The molecule has 4 nitrogen and oxygen atoms in total. The van der Waals surface area contributed by atoms with Crippen LogP contribution in [-0.4, -0.2) is 42.7 Å². The van der Waals surface area contributed by atoms with E-state index in [0.717, 1.165) is 0 Å². The molecule has 0 aliphatic carbocycles. The van der Waals surface area contributed by atoms with Gasteiger partial charge in [-0.25, -0.2) is 0 Å². The maximum Gasteiger partial charge on any atom is 0.180 e. The summed E-state index contributed by atoms with van der Waals surface area (Å²) in [5.74, 6) is 1.01. The molecule has 0 bridgehead atoms. The Morgan fingerprint density at radius 3 is 2.85 bits per heavy atom. The fourth-order valence-corrected chi connectivity index (χ4v) is 2.51. The zero-order valence-corrected chi connectivity index (χ0v) is 12.1. The van der Waals surface area contributed by atoms with Crippen molar-refractivity contribution in [3.05, 3.63) is 29.8 Å². The van der Waals surface area contributed by atoms with Crippen molar-refractivity contribution < 1.29 is 14.3 Å². The Morgan fingerprint density at radius 2 is 2.15 bits per heavy atom. The maximum absolute atomic E-state index is 12.4. The summed E-state index contributed by atoms with van der Waals surface area (Å²) < 4.78 is 5.49. The largest absolute Gasteiger partial charge is 0.493 e. The minimum absolute atomic E-state index is 0.0266. The molecule has 1 aliphatic rings. The Labute approximate surface area is 119 Å². The lowest BCUT2D eigenvalue weighted by atomic mass is 9.98. The number of likely N-dealkylation sites (tertiary alicyclic amines) is 1. The van der Waals surface area contributed by atoms with Crippen LogP contribution < -0.4 is 4.74 Å². The van der Waals surface area contributed by atoms with Gasteiger partial charge in [0.1, 0.15) is 11.5 Å². The third kappa shape index (κ3) is 3.45. The Bertz CT molecular complexity index is 498. The SMILES string of the molecule is CCOc1ccccc1C(=O)CN1CCC(=O)C(C)C1. The van der Waals surface area contributed by atoms with Crippen LogP contribution in [0.15, 0.2) is 24.3 Å². The van der Waals surface area contributed by atoms with Crippen molar-refractivity contribution in [2.45, 2.75) is 20.3 Å². The van der Waals surface area contributed by atoms with Crippen molar-refractivity contribution in [2.24, 2.45) is 5.92 Å². The first kappa shape index (κ1) is 14.7. The third-order valence-corrected chi connectivity index (χ3v) is 3.61. The predicted molar refractivity (Wildman–Crippen MR) is 77.2 cm³/mol. The molecule has 108 valence electrons. The number of rotatable bonds is 5. The minimum atomic E-state index is 0.0266. The molecule has 1 aliphatic heterocycles. The molecule has 0 amide bonds. The van der Waals surface area contributed by atoms with Crippen LogP contribution in [0.3, 0.4) is 0 Å². The van der Waals surface area contributed by atoms with E-state index in [2.05, 4.69) is 4.90 Å². The zero-order valence-electron chi connectivity index (χ0n) is 12.1. The lowest BCUT2D eigenvalue weighted by Crippen LogP contribution is -2.42. The number of carbonyl (C=O) groups excluding carboxylic acids is 2. The number of hydrogen-bond donors (Lipinski definition) is 0. The number of benzene rings is 1. The van der Waals surface area contributed by atoms with Gasteiger partial charge >= 0.3 is 0 Å². The molecular formula is C16H21NO3. The van der Waals surface area contributed by atoms with Crippen LogP contribution in [0.25, 0.3) is 0 Å². The molecule has 0 saturated carbocycles. The molecular weight excluding hydrogens is 254 g/mol. The second kappa shape index (κ2) is 6.66. The van der Waals surface area contributed by atoms with Gasteiger partial charge in [-0.1, -0.05) is 19.1 Å². The van der Waals surface area contributed by atoms with Gasteiger partial charge in [-0.05, 0) is 19.1 Å². The fraction of sp³-hybridized carbons (Fsp3) is 0.500. The Balaban J connectivity index is 2.03. The summed E-state index contributed by atoms with van der Waals surface area (Å²) >= 11 is 0. The van der Waals surface area contributed by atoms with Gasteiger partial charge in [0.05, 0.1) is 18.7 Å². The number of ketones is 2. The number of para-hydroxylation sites is 1. The van der Waals surface area contributed by atoms with Gasteiger partial charge in [0.2, 0.25) is 0 Å². The molecule has 0 radical (unpaired) electrons. The summed E-state index contributed by atoms with van der Waals surface area (Å²) in [6.45, 7) is 6.06. The molecule has 20 heavy (non-hydrogen) atoms. The van der Waals surface area contributed by atoms with Gasteiger partial charge in [-0.15, -0.1) is 0 Å². The van der Waals surface area contributed by atoms with Crippen LogP contribution >= 0.6 is 0 Å². The van der Waals surface area contributed by atoms with Gasteiger partial charge in [0.25, 0.3) is 0 Å². The van der Waals surface area contributed by atoms with E-state index in [9.17, 15) is 9.59 Å². The van der Waals surface area contributed by atoms with Gasteiger partial charge < -0.3 is 4.74 Å². The van der Waals surface area contributed by atoms with E-state index >= 15 is 0 Å². The van der Waals surface area contributed by atoms with E-state index in [0.29, 0.717) is 49.8 Å². The number of piperidine rings is 1. The van der Waals surface area contributed by atoms with Crippen LogP contribution in [0.1, 0.15) is 30.6 Å². The smallest absolute Gasteiger partial charge is 0.180 e. The number of hydrogen-bond acceptors (Lipinski definition) is 4. The van der Waals surface area contributed by atoms with Crippen LogP contribution in [0.2, 0.25) is 0 Å². The van der Waals surface area contributed by atoms with Crippen LogP contribution in [0, 0.1) is 5.92 Å². The summed E-state index contributed by atoms with van der Waals surface area (Å²) in [7, 11) is 0. The second-order valence-corrected chi connectivity index (χ2v) is 5.20. The number of ether oxygens (including phenoxy) is 1. The van der Waals surface area contributed by atoms with Crippen molar-refractivity contribution in [1.82, 2.24) is 4.90 Å². The first-order valence-electron chi connectivity index (χ1n) is 7.12. The Morgan fingerprint density at radius 1 is 1.40 bits per heavy atom. The van der Waals surface area contributed by atoms with Crippen molar-refractivity contribution in [3.8, 4) is 5.75 Å². The molecule has 1 atom stereocenters. The molecule has 1 aromatic carbocycles. The fourth-order valence-electron chi connectivity index (χ4n) is 2.51. The van der Waals surface area contributed by atoms with Gasteiger partial charge in [0.15, 0.2) is 5.78 Å². The van der Waals surface area contributed by atoms with Gasteiger partial charge in [0, 0.05) is 25.4 Å². The molecule has 0 aromatic heterocycles. The number of Topliss-reactive ketones (excluding diaryl/α,β-unsaturated/α-hetero) is 2. The lowest BCUT2D eigenvalue weighted by molar-refractivity contribution is -0.125. The monoisotopic (exact) mass is 275 g/mol. The average Bonchev–Trinajstić information content (AvgIpc) is 2.44. The maximum atomic E-state index is 12.4. The standard InChI is InChI=1S/C16H21NO3/c1-3-20-16-7-5-4-6-13(16)15(19)11-17-9-8-14(18)12(2)10-17/h4-7,12H,3,8-11H2,1-2H3. The third-order valence-electron chi connectivity index (χ3n) is 3.61. The molecule has 0 N–H and O–H groups in total. The van der Waals surface area contributed by atoms with Crippen molar-refractivity contribution in [2.75, 3.05) is 26.2 Å². The summed E-state index contributed by atoms with van der Waals surface area (Å²) in [5.41, 5.74) is 0.624. The zero-order chi connectivity index (χ0) is 14.5. The van der Waals surface area contributed by atoms with E-state index in [1.165, 1.54) is 0 Å². The highest BCUT2D eigenvalue weighted by Gasteiger charge is 2.25. The van der Waals surface area contributed by atoms with Crippen molar-refractivity contribution in [1.29, 1.82) is 0 Å². The number of nitrogens with zero attached hydrogens (tertiary/aromatic N) is 1. The first-order valence-corrected chi connectivity index (χ1v) is 7.12. The Kier molecular flexibility index (Phi) is 4.90. The summed E-state index contributed by atoms with van der Waals surface area (Å²) in [5, 5.41) is 0. The predicted octanol–water partition coefficient (Wildman–Crippen LogP) is 2.18. The van der Waals surface area contributed by atoms with E-state index in [1.807, 2.05) is 32.0 Å². The molecule has 4 heteroatoms. The molecule has 2 rings (SSSR count). The minimum Gasteiger partial charge on any atom is -0.493 e. The van der Waals surface area contributed by atoms with Crippen LogP contribution in [-0.2, 0) is 4.79 Å². The summed E-state index contributed by atoms with van der Waals surface area (Å²) in [6, 6.07) is 7.33. The van der Waals surface area contributed by atoms with E-state index < -0.39 is 0 Å². The van der Waals surface area contributed by atoms with Gasteiger partial charge in [-0.2, -0.15) is 0 Å². The van der Waals surface area contributed by atoms with Gasteiger partial charge in [-0.3, -0.25) is 14.5 Å². The second-order valence-electron chi connectivity index (χ2n) is 5.20. The van der Waals surface area contributed by atoms with Crippen molar-refractivity contribution >= 4 is 11.6 Å². The molecule has 1 aromatic rings. The highest BCUT2D eigenvalue weighted by Crippen LogP contribution is 2.20. The molecule has 1 fully saturated rings. The molecule has 0 spiro atoms. The molecule has 1 saturated heterocycles. The van der Waals surface area contributed by atoms with E-state index in [4.69, 9.17) is 4.74 Å². The summed E-state index contributed by atoms with van der Waals surface area (Å²) in [4.78, 5) is 25.9. The average molecular weight is 275 g/mol.